The molecule has 112 valence electrons. The molecule has 0 fully saturated rings. The van der Waals surface area contributed by atoms with Crippen molar-refractivity contribution >= 4 is 13.8 Å². The molecule has 0 unspecified atom stereocenters. The number of rotatable bonds is 11. The van der Waals surface area contributed by atoms with Gasteiger partial charge in [0.2, 0.25) is 0 Å². The van der Waals surface area contributed by atoms with Crippen LogP contribution in [0.25, 0.3) is 0 Å². The first-order valence-electron chi connectivity index (χ1n) is 5.47. The molecule has 0 aromatic rings. The number of carbonyl (C=O) groups excluding carboxylic acids is 1. The number of hydrogen-bond donors (Lipinski definition) is 0. The molecule has 0 saturated heterocycles. The zero-order valence-corrected chi connectivity index (χ0v) is 19.8. The predicted molar refractivity (Wildman–Crippen MR) is 61.0 cm³/mol. The summed E-state index contributed by atoms with van der Waals surface area (Å²) in [4.78, 5) is 31.1. The van der Waals surface area contributed by atoms with Gasteiger partial charge in [-0.1, -0.05) is 6.58 Å². The van der Waals surface area contributed by atoms with Gasteiger partial charge in [-0.25, -0.2) is 4.79 Å². The number of phosphoric ester groups is 1. The molecule has 0 aliphatic rings. The van der Waals surface area contributed by atoms with Gasteiger partial charge in [-0.15, -0.1) is 0 Å². The Hall–Kier alpha value is 2.51. The largest absolute Gasteiger partial charge is 1.00 e. The average Bonchev–Trinajstić information content (AvgIpc) is 2.29. The summed E-state index contributed by atoms with van der Waals surface area (Å²) in [5.41, 5.74) is 0.317. The minimum Gasteiger partial charge on any atom is -0.790 e. The molecule has 0 rings (SSSR count). The first-order chi connectivity index (χ1) is 8.83. The van der Waals surface area contributed by atoms with Crippen LogP contribution in [0.5, 0.6) is 0 Å². The summed E-state index contributed by atoms with van der Waals surface area (Å²) < 4.78 is 28.7. The molecule has 11 heteroatoms. The molecular formula is C10H17K2O8P. The molecule has 0 bridgehead atoms. The Bertz CT molecular complexity index is 333. The van der Waals surface area contributed by atoms with Crippen molar-refractivity contribution in [2.45, 2.75) is 6.92 Å². The van der Waals surface area contributed by atoms with Crippen LogP contribution in [-0.4, -0.2) is 45.6 Å². The average molecular weight is 374 g/mol. The Morgan fingerprint density at radius 1 is 1.00 bits per heavy atom. The molecule has 0 radical (unpaired) electrons. The molecule has 0 N–H and O–H groups in total. The van der Waals surface area contributed by atoms with E-state index in [2.05, 4.69) is 11.1 Å². The molecule has 0 heterocycles. The fourth-order valence-electron chi connectivity index (χ4n) is 0.846. The molecule has 0 aliphatic heterocycles. The smallest absolute Gasteiger partial charge is 0.790 e. The number of hydrogen-bond acceptors (Lipinski definition) is 8. The summed E-state index contributed by atoms with van der Waals surface area (Å²) in [7, 11) is -4.92. The van der Waals surface area contributed by atoms with Crippen molar-refractivity contribution in [2.24, 2.45) is 0 Å². The van der Waals surface area contributed by atoms with Crippen molar-refractivity contribution in [1.29, 1.82) is 0 Å². The second kappa shape index (κ2) is 17.3. The van der Waals surface area contributed by atoms with E-state index in [1.54, 1.807) is 6.92 Å². The van der Waals surface area contributed by atoms with Gasteiger partial charge < -0.3 is 33.1 Å². The molecular weight excluding hydrogens is 357 g/mol. The summed E-state index contributed by atoms with van der Waals surface area (Å²) in [6, 6.07) is 0. The van der Waals surface area contributed by atoms with Gasteiger partial charge in [0, 0.05) is 5.57 Å². The monoisotopic (exact) mass is 374 g/mol. The Balaban J connectivity index is -0.00000162. The first-order valence-corrected chi connectivity index (χ1v) is 6.93. The van der Waals surface area contributed by atoms with Crippen LogP contribution in [0.1, 0.15) is 6.92 Å². The van der Waals surface area contributed by atoms with Crippen LogP contribution in [0, 0.1) is 0 Å². The van der Waals surface area contributed by atoms with E-state index in [4.69, 9.17) is 14.2 Å². The van der Waals surface area contributed by atoms with Crippen molar-refractivity contribution in [1.82, 2.24) is 0 Å². The number of carbonyl (C=O) groups is 1. The van der Waals surface area contributed by atoms with Crippen LogP contribution in [-0.2, 0) is 28.1 Å². The van der Waals surface area contributed by atoms with Gasteiger partial charge in [0.15, 0.2) is 0 Å². The molecule has 0 atom stereocenters. The van der Waals surface area contributed by atoms with Gasteiger partial charge in [-0.3, -0.25) is 0 Å². The zero-order valence-electron chi connectivity index (χ0n) is 12.7. The molecule has 0 amide bonds. The summed E-state index contributed by atoms with van der Waals surface area (Å²) in [6.45, 7) is 5.40. The molecule has 0 saturated carbocycles. The standard InChI is InChI=1S/C10H19O8P.2K/c1-9(2)10(11)17-7-5-15-3-4-16-6-8-18-19(12,13)14;;/h1,3-8H2,2H3,(H2,12,13,14);;/q;2*+1/p-2. The van der Waals surface area contributed by atoms with E-state index in [9.17, 15) is 19.1 Å². The van der Waals surface area contributed by atoms with E-state index in [0.29, 0.717) is 5.57 Å². The van der Waals surface area contributed by atoms with Crippen molar-refractivity contribution in [2.75, 3.05) is 39.6 Å². The minimum atomic E-state index is -4.92. The minimum absolute atomic E-state index is 0. The SMILES string of the molecule is C=C(C)C(=O)OCCOCCOCCOP(=O)([O-])[O-].[K+].[K+]. The quantitative estimate of drug-likeness (QED) is 0.115. The van der Waals surface area contributed by atoms with Gasteiger partial charge in [-0.2, -0.15) is 0 Å². The second-order valence-corrected chi connectivity index (χ2v) is 4.57. The Labute approximate surface area is 209 Å². The van der Waals surface area contributed by atoms with Crippen molar-refractivity contribution in [3.05, 3.63) is 12.2 Å². The second-order valence-electron chi connectivity index (χ2n) is 3.42. The maximum atomic E-state index is 10.9. The maximum absolute atomic E-state index is 10.9. The van der Waals surface area contributed by atoms with E-state index in [1.165, 1.54) is 0 Å². The van der Waals surface area contributed by atoms with E-state index in [-0.39, 0.29) is 142 Å². The molecule has 0 aromatic carbocycles. The molecule has 8 nitrogen and oxygen atoms in total. The normalized spacial score (nSPS) is 10.2. The summed E-state index contributed by atoms with van der Waals surface area (Å²) in [6.07, 6.45) is 0. The maximum Gasteiger partial charge on any atom is 1.00 e. The van der Waals surface area contributed by atoms with Crippen molar-refractivity contribution in [3.8, 4) is 0 Å². The Morgan fingerprint density at radius 3 is 1.86 bits per heavy atom. The first kappa shape index (κ1) is 28.3. The van der Waals surface area contributed by atoms with E-state index < -0.39 is 13.8 Å². The Kier molecular flexibility index (Phi) is 23.4. The van der Waals surface area contributed by atoms with Crippen LogP contribution < -0.4 is 113 Å². The van der Waals surface area contributed by atoms with Gasteiger partial charge in [0.25, 0.3) is 0 Å². The molecule has 0 aromatic heterocycles. The third-order valence-electron chi connectivity index (χ3n) is 1.66. The third-order valence-corrected chi connectivity index (χ3v) is 2.16. The molecule has 0 aliphatic carbocycles. The van der Waals surface area contributed by atoms with Crippen molar-refractivity contribution < 1.29 is 141 Å². The van der Waals surface area contributed by atoms with Gasteiger partial charge in [0.1, 0.15) is 6.61 Å². The van der Waals surface area contributed by atoms with Gasteiger partial charge >= 0.3 is 109 Å². The van der Waals surface area contributed by atoms with Crippen LogP contribution in [0.4, 0.5) is 0 Å². The van der Waals surface area contributed by atoms with Crippen LogP contribution in [0.2, 0.25) is 0 Å². The molecule has 0 spiro atoms. The van der Waals surface area contributed by atoms with Crippen LogP contribution >= 0.6 is 7.82 Å². The van der Waals surface area contributed by atoms with E-state index in [1.807, 2.05) is 0 Å². The van der Waals surface area contributed by atoms with E-state index >= 15 is 0 Å². The molecule has 21 heavy (non-hydrogen) atoms. The van der Waals surface area contributed by atoms with Crippen molar-refractivity contribution in [3.63, 3.8) is 0 Å². The van der Waals surface area contributed by atoms with Crippen LogP contribution in [0.15, 0.2) is 12.2 Å². The van der Waals surface area contributed by atoms with Gasteiger partial charge in [-0.05, 0) is 6.92 Å². The zero-order chi connectivity index (χ0) is 14.7. The fourth-order valence-corrected chi connectivity index (χ4v) is 1.14. The van der Waals surface area contributed by atoms with E-state index in [0.717, 1.165) is 0 Å². The summed E-state index contributed by atoms with van der Waals surface area (Å²) >= 11 is 0. The topological polar surface area (TPSA) is 117 Å². The third kappa shape index (κ3) is 22.5. The number of esters is 1. The Morgan fingerprint density at radius 2 is 1.43 bits per heavy atom. The summed E-state index contributed by atoms with van der Waals surface area (Å²) in [5.74, 6) is -0.475. The number of phosphoric acid groups is 1. The fraction of sp³-hybridized carbons (Fsp3) is 0.700. The number of ether oxygens (including phenoxy) is 3. The summed E-state index contributed by atoms with van der Waals surface area (Å²) in [5, 5.41) is 0. The van der Waals surface area contributed by atoms with Crippen LogP contribution in [0.3, 0.4) is 0 Å². The predicted octanol–water partition coefficient (Wildman–Crippen LogP) is -7.01. The van der Waals surface area contributed by atoms with Gasteiger partial charge in [0.05, 0.1) is 40.9 Å².